The van der Waals surface area contributed by atoms with Gasteiger partial charge in [-0.3, -0.25) is 19.8 Å². The van der Waals surface area contributed by atoms with E-state index in [1.54, 1.807) is 19.2 Å². The van der Waals surface area contributed by atoms with Gasteiger partial charge < -0.3 is 24.8 Å². The summed E-state index contributed by atoms with van der Waals surface area (Å²) in [4.78, 5) is 26.8. The maximum Gasteiger partial charge on any atom is 0.227 e. The Balaban J connectivity index is 1.54. The van der Waals surface area contributed by atoms with E-state index in [9.17, 15) is 9.59 Å². The minimum Gasteiger partial charge on any atom is -0.489 e. The molecule has 2 atom stereocenters. The summed E-state index contributed by atoms with van der Waals surface area (Å²) in [7, 11) is 1.60. The summed E-state index contributed by atoms with van der Waals surface area (Å²) in [5, 5.41) is 9.06. The van der Waals surface area contributed by atoms with Crippen molar-refractivity contribution in [3.8, 4) is 5.75 Å². The first kappa shape index (κ1) is 20.5. The maximum atomic E-state index is 12.5. The topological polar surface area (TPSA) is 101 Å². The second-order valence-corrected chi connectivity index (χ2v) is 6.74. The van der Waals surface area contributed by atoms with Crippen LogP contribution in [0.15, 0.2) is 24.3 Å². The number of anilines is 1. The Morgan fingerprint density at radius 3 is 2.86 bits per heavy atom. The van der Waals surface area contributed by atoms with E-state index in [1.807, 2.05) is 12.1 Å². The fourth-order valence-electron chi connectivity index (χ4n) is 3.31. The number of para-hydroxylation sites is 2. The van der Waals surface area contributed by atoms with E-state index in [1.165, 1.54) is 0 Å². The highest BCUT2D eigenvalue weighted by atomic mass is 16.5. The van der Waals surface area contributed by atoms with Crippen LogP contribution in [-0.2, 0) is 19.1 Å². The third-order valence-electron chi connectivity index (χ3n) is 4.69. The Morgan fingerprint density at radius 1 is 1.29 bits per heavy atom. The largest absolute Gasteiger partial charge is 0.489 e. The number of hydrogen-bond donors (Lipinski definition) is 3. The van der Waals surface area contributed by atoms with E-state index in [0.29, 0.717) is 44.3 Å². The number of morpholine rings is 1. The van der Waals surface area contributed by atoms with E-state index in [2.05, 4.69) is 20.9 Å². The Morgan fingerprint density at radius 2 is 2.07 bits per heavy atom. The number of nitrogens with one attached hydrogen (secondary N) is 3. The lowest BCUT2D eigenvalue weighted by Crippen LogP contribution is -2.63. The molecule has 0 bridgehead atoms. The van der Waals surface area contributed by atoms with Crippen molar-refractivity contribution in [3.63, 3.8) is 0 Å². The fourth-order valence-corrected chi connectivity index (χ4v) is 3.31. The first-order valence-electron chi connectivity index (χ1n) is 9.53. The van der Waals surface area contributed by atoms with Crippen molar-refractivity contribution < 1.29 is 23.8 Å². The summed E-state index contributed by atoms with van der Waals surface area (Å²) in [6.07, 6.45) is -0.0106. The zero-order valence-electron chi connectivity index (χ0n) is 16.1. The molecule has 2 aliphatic rings. The van der Waals surface area contributed by atoms with Crippen LogP contribution < -0.4 is 20.7 Å². The Hall–Kier alpha value is -2.20. The van der Waals surface area contributed by atoms with Crippen LogP contribution >= 0.6 is 0 Å². The van der Waals surface area contributed by atoms with Crippen LogP contribution in [0.3, 0.4) is 0 Å². The molecule has 0 saturated carbocycles. The molecule has 2 aliphatic heterocycles. The van der Waals surface area contributed by atoms with Gasteiger partial charge in [0.1, 0.15) is 12.4 Å². The molecular weight excluding hydrogens is 364 g/mol. The normalized spacial score (nSPS) is 23.1. The summed E-state index contributed by atoms with van der Waals surface area (Å²) in [5.41, 5.74) is 0.593. The summed E-state index contributed by atoms with van der Waals surface area (Å²) >= 11 is 0. The van der Waals surface area contributed by atoms with Crippen LogP contribution in [0.1, 0.15) is 12.8 Å². The lowest BCUT2D eigenvalue weighted by atomic mass is 10.1. The fraction of sp³-hybridized carbons (Fsp3) is 0.579. The van der Waals surface area contributed by atoms with E-state index in [4.69, 9.17) is 14.2 Å². The van der Waals surface area contributed by atoms with Crippen molar-refractivity contribution in [2.75, 3.05) is 51.9 Å². The quantitative estimate of drug-likeness (QED) is 0.541. The smallest absolute Gasteiger partial charge is 0.227 e. The zero-order valence-corrected chi connectivity index (χ0v) is 16.1. The molecule has 2 amide bonds. The van der Waals surface area contributed by atoms with Gasteiger partial charge in [0.25, 0.3) is 0 Å². The Bertz CT molecular complexity index is 665. The second kappa shape index (κ2) is 10.4. The summed E-state index contributed by atoms with van der Waals surface area (Å²) in [5.74, 6) is 0.319. The van der Waals surface area contributed by atoms with Crippen LogP contribution in [0, 0.1) is 0 Å². The molecule has 9 heteroatoms. The third-order valence-corrected chi connectivity index (χ3v) is 4.69. The average molecular weight is 392 g/mol. The summed E-state index contributed by atoms with van der Waals surface area (Å²) < 4.78 is 16.0. The molecule has 2 unspecified atom stereocenters. The molecule has 2 fully saturated rings. The molecule has 3 N–H and O–H groups in total. The molecule has 1 aromatic carbocycles. The molecule has 3 rings (SSSR count). The predicted octanol–water partition coefficient (Wildman–Crippen LogP) is 0.134. The standard InChI is InChI=1S/C19H28N4O5/c1-26-10-11-28-15-5-3-2-4-14(15)20-18(24)12-16-21-17(13-19(25)22-16)23-6-8-27-9-7-23/h2-5,16-17,21H,6-13H2,1H3,(H,20,24)(H,22,25). The third kappa shape index (κ3) is 5.90. The zero-order chi connectivity index (χ0) is 19.8. The van der Waals surface area contributed by atoms with Crippen molar-refractivity contribution in [1.82, 2.24) is 15.5 Å². The van der Waals surface area contributed by atoms with Crippen LogP contribution in [0.4, 0.5) is 5.69 Å². The Labute approximate surface area is 164 Å². The average Bonchev–Trinajstić information content (AvgIpc) is 2.69. The molecule has 0 aliphatic carbocycles. The van der Waals surface area contributed by atoms with Crippen LogP contribution in [0.2, 0.25) is 0 Å². The highest BCUT2D eigenvalue weighted by Gasteiger charge is 2.31. The first-order valence-corrected chi connectivity index (χ1v) is 9.53. The van der Waals surface area contributed by atoms with Crippen molar-refractivity contribution >= 4 is 17.5 Å². The van der Waals surface area contributed by atoms with Crippen molar-refractivity contribution in [3.05, 3.63) is 24.3 Å². The molecule has 0 spiro atoms. The number of carbonyl (C=O) groups excluding carboxylic acids is 2. The molecule has 0 radical (unpaired) electrons. The lowest BCUT2D eigenvalue weighted by Gasteiger charge is -2.40. The number of rotatable bonds is 8. The minimum atomic E-state index is -0.421. The molecule has 154 valence electrons. The minimum absolute atomic E-state index is 0.0589. The van der Waals surface area contributed by atoms with E-state index in [-0.39, 0.29) is 24.4 Å². The van der Waals surface area contributed by atoms with Crippen LogP contribution in [0.5, 0.6) is 5.75 Å². The number of hydrogen-bond acceptors (Lipinski definition) is 7. The lowest BCUT2D eigenvalue weighted by molar-refractivity contribution is -0.128. The number of ether oxygens (including phenoxy) is 3. The molecule has 2 saturated heterocycles. The highest BCUT2D eigenvalue weighted by molar-refractivity contribution is 5.93. The van der Waals surface area contributed by atoms with Gasteiger partial charge in [0.05, 0.1) is 50.7 Å². The molecular formula is C19H28N4O5. The number of amides is 2. The number of nitrogens with zero attached hydrogens (tertiary/aromatic N) is 1. The molecule has 28 heavy (non-hydrogen) atoms. The van der Waals surface area contributed by atoms with Gasteiger partial charge in [-0.1, -0.05) is 12.1 Å². The van der Waals surface area contributed by atoms with Gasteiger partial charge in [-0.2, -0.15) is 0 Å². The van der Waals surface area contributed by atoms with E-state index >= 15 is 0 Å². The molecule has 9 nitrogen and oxygen atoms in total. The summed E-state index contributed by atoms with van der Waals surface area (Å²) in [6, 6.07) is 7.24. The van der Waals surface area contributed by atoms with Crippen molar-refractivity contribution in [1.29, 1.82) is 0 Å². The SMILES string of the molecule is COCCOc1ccccc1NC(=O)CC1NC(=O)CC(N2CCOCC2)N1. The molecule has 1 aromatic rings. The van der Waals surface area contributed by atoms with Gasteiger partial charge in [0, 0.05) is 20.2 Å². The van der Waals surface area contributed by atoms with Crippen LogP contribution in [-0.4, -0.2) is 75.7 Å². The molecule has 2 heterocycles. The van der Waals surface area contributed by atoms with Crippen molar-refractivity contribution in [2.24, 2.45) is 0 Å². The predicted molar refractivity (Wildman–Crippen MR) is 103 cm³/mol. The van der Waals surface area contributed by atoms with Gasteiger partial charge in [-0.05, 0) is 12.1 Å². The monoisotopic (exact) mass is 392 g/mol. The number of benzene rings is 1. The van der Waals surface area contributed by atoms with Gasteiger partial charge in [-0.15, -0.1) is 0 Å². The van der Waals surface area contributed by atoms with Gasteiger partial charge in [-0.25, -0.2) is 0 Å². The summed E-state index contributed by atoms with van der Waals surface area (Å²) in [6.45, 7) is 3.72. The second-order valence-electron chi connectivity index (χ2n) is 6.74. The van der Waals surface area contributed by atoms with Crippen molar-refractivity contribution in [2.45, 2.75) is 25.2 Å². The van der Waals surface area contributed by atoms with Crippen LogP contribution in [0.25, 0.3) is 0 Å². The van der Waals surface area contributed by atoms with Gasteiger partial charge in [0.15, 0.2) is 0 Å². The van der Waals surface area contributed by atoms with E-state index < -0.39 is 6.17 Å². The van der Waals surface area contributed by atoms with Gasteiger partial charge >= 0.3 is 0 Å². The maximum absolute atomic E-state index is 12.5. The number of carbonyl (C=O) groups is 2. The van der Waals surface area contributed by atoms with E-state index in [0.717, 1.165) is 13.1 Å². The number of methoxy groups -OCH3 is 1. The highest BCUT2D eigenvalue weighted by Crippen LogP contribution is 2.24. The first-order chi connectivity index (χ1) is 13.7. The Kier molecular flexibility index (Phi) is 7.61. The molecule has 0 aromatic heterocycles. The van der Waals surface area contributed by atoms with Gasteiger partial charge in [0.2, 0.25) is 11.8 Å².